The van der Waals surface area contributed by atoms with Gasteiger partial charge in [-0.05, 0) is 42.3 Å². The molecule has 2 N–H and O–H groups in total. The SMILES string of the molecule is Cc1c(NC(=O)CS(=O)(=O)Cc2ccc(Br)cc2)cccc1C(=O)O. The molecule has 0 aliphatic heterocycles. The molecule has 2 aromatic rings. The Bertz CT molecular complexity index is 907. The molecular weight excluding hydrogens is 410 g/mol. The number of halogens is 1. The summed E-state index contributed by atoms with van der Waals surface area (Å²) in [5, 5.41) is 11.5. The molecule has 6 nitrogen and oxygen atoms in total. The van der Waals surface area contributed by atoms with Gasteiger partial charge in [-0.25, -0.2) is 13.2 Å². The first-order valence-corrected chi connectivity index (χ1v) is 9.87. The summed E-state index contributed by atoms with van der Waals surface area (Å²) in [7, 11) is -3.65. The highest BCUT2D eigenvalue weighted by Gasteiger charge is 2.19. The number of hydrogen-bond donors (Lipinski definition) is 2. The predicted octanol–water partition coefficient (Wildman–Crippen LogP) is 3.01. The van der Waals surface area contributed by atoms with Crippen LogP contribution < -0.4 is 5.32 Å². The minimum absolute atomic E-state index is 0.0514. The Kier molecular flexibility index (Phi) is 5.97. The zero-order chi connectivity index (χ0) is 18.6. The second-order valence-electron chi connectivity index (χ2n) is 5.49. The summed E-state index contributed by atoms with van der Waals surface area (Å²) in [6.07, 6.45) is 0. The topological polar surface area (TPSA) is 101 Å². The Balaban J connectivity index is 2.08. The minimum atomic E-state index is -3.65. The Labute approximate surface area is 153 Å². The number of anilines is 1. The molecule has 0 aromatic heterocycles. The average molecular weight is 426 g/mol. The van der Waals surface area contributed by atoms with Gasteiger partial charge in [-0.3, -0.25) is 4.79 Å². The van der Waals surface area contributed by atoms with Crippen molar-refractivity contribution in [1.29, 1.82) is 0 Å². The number of carbonyl (C=O) groups excluding carboxylic acids is 1. The number of sulfone groups is 1. The molecule has 0 aliphatic rings. The van der Waals surface area contributed by atoms with Gasteiger partial charge in [0.2, 0.25) is 5.91 Å². The third kappa shape index (κ3) is 5.40. The summed E-state index contributed by atoms with van der Waals surface area (Å²) in [5.74, 6) is -2.75. The van der Waals surface area contributed by atoms with Crippen LogP contribution in [0.2, 0.25) is 0 Å². The number of hydrogen-bond acceptors (Lipinski definition) is 4. The molecule has 2 aromatic carbocycles. The number of amides is 1. The molecule has 0 saturated carbocycles. The van der Waals surface area contributed by atoms with E-state index in [1.54, 1.807) is 31.2 Å². The van der Waals surface area contributed by atoms with Gasteiger partial charge < -0.3 is 10.4 Å². The first kappa shape index (κ1) is 19.1. The van der Waals surface area contributed by atoms with Gasteiger partial charge in [-0.15, -0.1) is 0 Å². The van der Waals surface area contributed by atoms with Gasteiger partial charge in [-0.1, -0.05) is 34.1 Å². The summed E-state index contributed by atoms with van der Waals surface area (Å²) >= 11 is 3.27. The highest BCUT2D eigenvalue weighted by atomic mass is 79.9. The number of carboxylic acid groups (broad SMARTS) is 1. The van der Waals surface area contributed by atoms with E-state index >= 15 is 0 Å². The second-order valence-corrected chi connectivity index (χ2v) is 8.47. The number of nitrogens with one attached hydrogen (secondary N) is 1. The van der Waals surface area contributed by atoms with Gasteiger partial charge >= 0.3 is 5.97 Å². The molecule has 0 heterocycles. The third-order valence-electron chi connectivity index (χ3n) is 3.49. The van der Waals surface area contributed by atoms with E-state index in [2.05, 4.69) is 21.2 Å². The van der Waals surface area contributed by atoms with Crippen LogP contribution in [-0.4, -0.2) is 31.2 Å². The molecular formula is C17H16BrNO5S. The predicted molar refractivity (Wildman–Crippen MR) is 98.4 cm³/mol. The largest absolute Gasteiger partial charge is 0.478 e. The van der Waals surface area contributed by atoms with Crippen molar-refractivity contribution < 1.29 is 23.1 Å². The van der Waals surface area contributed by atoms with Crippen molar-refractivity contribution >= 4 is 43.3 Å². The Morgan fingerprint density at radius 2 is 1.76 bits per heavy atom. The van der Waals surface area contributed by atoms with Crippen molar-refractivity contribution in [3.8, 4) is 0 Å². The van der Waals surface area contributed by atoms with Crippen LogP contribution in [0.1, 0.15) is 21.5 Å². The Morgan fingerprint density at radius 1 is 1.12 bits per heavy atom. The average Bonchev–Trinajstić information content (AvgIpc) is 2.50. The summed E-state index contributed by atoms with van der Waals surface area (Å²) in [4.78, 5) is 23.2. The van der Waals surface area contributed by atoms with Crippen LogP contribution in [0, 0.1) is 6.92 Å². The van der Waals surface area contributed by atoms with Crippen molar-refractivity contribution in [3.05, 3.63) is 63.6 Å². The van der Waals surface area contributed by atoms with Gasteiger partial charge in [0.1, 0.15) is 5.75 Å². The lowest BCUT2D eigenvalue weighted by Gasteiger charge is -2.11. The van der Waals surface area contributed by atoms with E-state index < -0.39 is 27.5 Å². The maximum atomic E-state index is 12.2. The maximum absolute atomic E-state index is 12.2. The van der Waals surface area contributed by atoms with E-state index in [1.165, 1.54) is 18.2 Å². The van der Waals surface area contributed by atoms with E-state index in [4.69, 9.17) is 5.11 Å². The molecule has 0 aliphatic carbocycles. The molecule has 0 unspecified atom stereocenters. The first-order chi connectivity index (χ1) is 11.7. The Morgan fingerprint density at radius 3 is 2.36 bits per heavy atom. The maximum Gasteiger partial charge on any atom is 0.336 e. The van der Waals surface area contributed by atoms with E-state index in [1.807, 2.05) is 0 Å². The van der Waals surface area contributed by atoms with E-state index in [0.717, 1.165) is 4.47 Å². The molecule has 25 heavy (non-hydrogen) atoms. The molecule has 0 saturated heterocycles. The van der Waals surface area contributed by atoms with Gasteiger partial charge in [-0.2, -0.15) is 0 Å². The summed E-state index contributed by atoms with van der Waals surface area (Å²) in [6.45, 7) is 1.55. The fourth-order valence-electron chi connectivity index (χ4n) is 2.27. The molecule has 132 valence electrons. The van der Waals surface area contributed by atoms with E-state index in [-0.39, 0.29) is 17.0 Å². The van der Waals surface area contributed by atoms with Crippen LogP contribution in [0.15, 0.2) is 46.9 Å². The second kappa shape index (κ2) is 7.79. The standard InChI is InChI=1S/C17H16BrNO5S/c1-11-14(17(21)22)3-2-4-15(11)19-16(20)10-25(23,24)9-12-5-7-13(18)8-6-12/h2-8H,9-10H2,1H3,(H,19,20)(H,21,22). The fourth-order valence-corrected chi connectivity index (χ4v) is 3.81. The molecule has 8 heteroatoms. The van der Waals surface area contributed by atoms with Gasteiger partial charge in [0, 0.05) is 10.2 Å². The van der Waals surface area contributed by atoms with E-state index in [9.17, 15) is 18.0 Å². The fraction of sp³-hybridized carbons (Fsp3) is 0.176. The van der Waals surface area contributed by atoms with Crippen molar-refractivity contribution in [2.45, 2.75) is 12.7 Å². The van der Waals surface area contributed by atoms with Crippen LogP contribution in [0.4, 0.5) is 5.69 Å². The highest BCUT2D eigenvalue weighted by Crippen LogP contribution is 2.19. The zero-order valence-electron chi connectivity index (χ0n) is 13.3. The van der Waals surface area contributed by atoms with Crippen molar-refractivity contribution in [3.63, 3.8) is 0 Å². The number of carboxylic acids is 1. The summed E-state index contributed by atoms with van der Waals surface area (Å²) < 4.78 is 25.2. The quantitative estimate of drug-likeness (QED) is 0.740. The van der Waals surface area contributed by atoms with Crippen LogP contribution in [0.5, 0.6) is 0 Å². The van der Waals surface area contributed by atoms with Crippen LogP contribution in [-0.2, 0) is 20.4 Å². The van der Waals surface area contributed by atoms with Gasteiger partial charge in [0.25, 0.3) is 0 Å². The van der Waals surface area contributed by atoms with Crippen LogP contribution >= 0.6 is 15.9 Å². The lowest BCUT2D eigenvalue weighted by Crippen LogP contribution is -2.24. The van der Waals surface area contributed by atoms with Gasteiger partial charge in [0.05, 0.1) is 11.3 Å². The zero-order valence-corrected chi connectivity index (χ0v) is 15.7. The normalized spacial score (nSPS) is 11.1. The molecule has 0 bridgehead atoms. The number of benzene rings is 2. The van der Waals surface area contributed by atoms with Crippen molar-refractivity contribution in [1.82, 2.24) is 0 Å². The van der Waals surface area contributed by atoms with E-state index in [0.29, 0.717) is 11.1 Å². The van der Waals surface area contributed by atoms with Gasteiger partial charge in [0.15, 0.2) is 9.84 Å². The summed E-state index contributed by atoms with van der Waals surface area (Å²) in [6, 6.07) is 11.2. The number of rotatable bonds is 6. The Hall–Kier alpha value is -2.19. The van der Waals surface area contributed by atoms with Crippen molar-refractivity contribution in [2.24, 2.45) is 0 Å². The van der Waals surface area contributed by atoms with Crippen LogP contribution in [0.3, 0.4) is 0 Å². The smallest absolute Gasteiger partial charge is 0.336 e. The molecule has 0 atom stereocenters. The molecule has 0 fully saturated rings. The lowest BCUT2D eigenvalue weighted by atomic mass is 10.1. The molecule has 2 rings (SSSR count). The van der Waals surface area contributed by atoms with Crippen LogP contribution in [0.25, 0.3) is 0 Å². The monoisotopic (exact) mass is 425 g/mol. The number of carbonyl (C=O) groups is 2. The molecule has 0 spiro atoms. The molecule has 1 amide bonds. The van der Waals surface area contributed by atoms with Crippen molar-refractivity contribution in [2.75, 3.05) is 11.1 Å². The first-order valence-electron chi connectivity index (χ1n) is 7.25. The molecule has 0 radical (unpaired) electrons. The summed E-state index contributed by atoms with van der Waals surface area (Å²) in [5.41, 5.74) is 1.29. The highest BCUT2D eigenvalue weighted by molar-refractivity contribution is 9.10. The minimum Gasteiger partial charge on any atom is -0.478 e. The number of aromatic carboxylic acids is 1. The third-order valence-corrected chi connectivity index (χ3v) is 5.49. The lowest BCUT2D eigenvalue weighted by molar-refractivity contribution is -0.113.